The van der Waals surface area contributed by atoms with Crippen LogP contribution >= 0.6 is 11.6 Å². The summed E-state index contributed by atoms with van der Waals surface area (Å²) in [5.41, 5.74) is 2.29. The first-order valence-corrected chi connectivity index (χ1v) is 7.18. The van der Waals surface area contributed by atoms with Crippen molar-refractivity contribution in [2.45, 2.75) is 45.3 Å². The summed E-state index contributed by atoms with van der Waals surface area (Å²) >= 11 is 5.80. The second-order valence-corrected chi connectivity index (χ2v) is 6.40. The highest BCUT2D eigenvalue weighted by molar-refractivity contribution is 6.69. The molecular weight excluding hydrogens is 292 g/mol. The Hall–Kier alpha value is -1.75. The molecule has 0 radical (unpaired) electrons. The van der Waals surface area contributed by atoms with Gasteiger partial charge < -0.3 is 15.3 Å². The predicted octanol–water partition coefficient (Wildman–Crippen LogP) is 3.57. The maximum absolute atomic E-state index is 11.8. The topological polar surface area (TPSA) is 70.9 Å². The number of oxime groups is 1. The zero-order chi connectivity index (χ0) is 15.6. The minimum Gasteiger partial charge on any atom is -0.444 e. The first kappa shape index (κ1) is 15.6. The molecule has 2 rings (SSSR count). The second-order valence-electron chi connectivity index (χ2n) is 6.04. The van der Waals surface area contributed by atoms with E-state index in [2.05, 4.69) is 10.5 Å². The highest BCUT2D eigenvalue weighted by atomic mass is 35.5. The molecule has 1 aromatic rings. The molecule has 1 aliphatic rings. The van der Waals surface area contributed by atoms with E-state index in [0.717, 1.165) is 24.0 Å². The quantitative estimate of drug-likeness (QED) is 0.498. The Morgan fingerprint density at radius 1 is 1.48 bits per heavy atom. The number of carbonyl (C=O) groups excluding carboxylic acids is 1. The summed E-state index contributed by atoms with van der Waals surface area (Å²) in [5, 5.41) is 14.6. The zero-order valence-corrected chi connectivity index (χ0v) is 13.1. The molecule has 1 atom stereocenters. The molecule has 21 heavy (non-hydrogen) atoms. The number of fused-ring (bicyclic) bond motifs is 1. The first-order valence-electron chi connectivity index (χ1n) is 6.80. The molecule has 1 aliphatic carbocycles. The standard InChI is InChI=1S/C15H19ClN2O3/c1-15(2,3)21-14(19)17-12-7-5-9-8-10(13(16)18-20)4-6-11(9)12/h4,6,8,12,20H,5,7H2,1-3H3,(H,17,19)/b18-13-/t12-/m1/s1. The second kappa shape index (κ2) is 5.93. The van der Waals surface area contributed by atoms with Crippen LogP contribution in [0.25, 0.3) is 0 Å². The average Bonchev–Trinajstić information content (AvgIpc) is 2.78. The molecule has 1 aromatic carbocycles. The average molecular weight is 311 g/mol. The van der Waals surface area contributed by atoms with Crippen molar-refractivity contribution < 1.29 is 14.7 Å². The lowest BCUT2D eigenvalue weighted by molar-refractivity contribution is 0.0503. The number of hydrogen-bond donors (Lipinski definition) is 2. The van der Waals surface area contributed by atoms with Crippen molar-refractivity contribution in [2.75, 3.05) is 0 Å². The molecule has 0 aliphatic heterocycles. The van der Waals surface area contributed by atoms with Crippen LogP contribution in [0.2, 0.25) is 0 Å². The van der Waals surface area contributed by atoms with Gasteiger partial charge in [0, 0.05) is 5.56 Å². The molecule has 0 fully saturated rings. The minimum absolute atomic E-state index is 0.0568. The smallest absolute Gasteiger partial charge is 0.408 e. The van der Waals surface area contributed by atoms with E-state index in [9.17, 15) is 4.79 Å². The summed E-state index contributed by atoms with van der Waals surface area (Å²) in [4.78, 5) is 11.8. The van der Waals surface area contributed by atoms with E-state index in [-0.39, 0.29) is 11.2 Å². The number of ether oxygens (including phenoxy) is 1. The highest BCUT2D eigenvalue weighted by Crippen LogP contribution is 2.32. The van der Waals surface area contributed by atoms with Gasteiger partial charge in [0.15, 0.2) is 5.17 Å². The number of carbonyl (C=O) groups is 1. The molecule has 5 nitrogen and oxygen atoms in total. The zero-order valence-electron chi connectivity index (χ0n) is 12.3. The number of amides is 1. The Bertz CT molecular complexity index is 579. The van der Waals surface area contributed by atoms with E-state index in [0.29, 0.717) is 5.56 Å². The van der Waals surface area contributed by atoms with Crippen molar-refractivity contribution in [3.05, 3.63) is 34.9 Å². The normalized spacial score (nSPS) is 18.3. The van der Waals surface area contributed by atoms with Crippen molar-refractivity contribution >= 4 is 22.9 Å². The Morgan fingerprint density at radius 2 is 2.19 bits per heavy atom. The van der Waals surface area contributed by atoms with E-state index in [1.54, 1.807) is 6.07 Å². The predicted molar refractivity (Wildman–Crippen MR) is 81.1 cm³/mol. The number of hydrogen-bond acceptors (Lipinski definition) is 4. The van der Waals surface area contributed by atoms with Crippen molar-refractivity contribution in [3.8, 4) is 0 Å². The highest BCUT2D eigenvalue weighted by Gasteiger charge is 2.26. The van der Waals surface area contributed by atoms with Gasteiger partial charge in [0.1, 0.15) is 5.60 Å². The fraction of sp³-hybridized carbons (Fsp3) is 0.467. The molecular formula is C15H19ClN2O3. The maximum Gasteiger partial charge on any atom is 0.408 e. The monoisotopic (exact) mass is 310 g/mol. The van der Waals surface area contributed by atoms with Crippen molar-refractivity contribution in [1.82, 2.24) is 5.32 Å². The molecule has 114 valence electrons. The third kappa shape index (κ3) is 3.88. The van der Waals surface area contributed by atoms with E-state index < -0.39 is 11.7 Å². The van der Waals surface area contributed by atoms with Crippen molar-refractivity contribution in [2.24, 2.45) is 5.16 Å². The van der Waals surface area contributed by atoms with E-state index in [1.807, 2.05) is 32.9 Å². The van der Waals surface area contributed by atoms with Gasteiger partial charge in [-0.3, -0.25) is 0 Å². The Balaban J connectivity index is 2.11. The van der Waals surface area contributed by atoms with E-state index in [1.165, 1.54) is 0 Å². The van der Waals surface area contributed by atoms with Crippen LogP contribution < -0.4 is 5.32 Å². The third-order valence-electron chi connectivity index (χ3n) is 3.24. The summed E-state index contributed by atoms with van der Waals surface area (Å²) in [6.07, 6.45) is 1.23. The van der Waals surface area contributed by atoms with Crippen LogP contribution in [0.1, 0.15) is 49.9 Å². The van der Waals surface area contributed by atoms with Gasteiger partial charge in [-0.05, 0) is 50.8 Å². The van der Waals surface area contributed by atoms with Crippen LogP contribution in [0.15, 0.2) is 23.4 Å². The number of alkyl carbamates (subject to hydrolysis) is 1. The molecule has 6 heteroatoms. The lowest BCUT2D eigenvalue weighted by Gasteiger charge is -2.22. The molecule has 2 N–H and O–H groups in total. The summed E-state index contributed by atoms with van der Waals surface area (Å²) in [6, 6.07) is 5.49. The third-order valence-corrected chi connectivity index (χ3v) is 3.53. The molecule has 1 amide bonds. The van der Waals surface area contributed by atoms with Gasteiger partial charge in [0.25, 0.3) is 0 Å². The Kier molecular flexibility index (Phi) is 4.42. The van der Waals surface area contributed by atoms with Crippen LogP contribution in [-0.2, 0) is 11.2 Å². The summed E-state index contributed by atoms with van der Waals surface area (Å²) < 4.78 is 5.27. The van der Waals surface area contributed by atoms with Crippen LogP contribution in [0, 0.1) is 0 Å². The van der Waals surface area contributed by atoms with Gasteiger partial charge >= 0.3 is 6.09 Å². The lowest BCUT2D eigenvalue weighted by atomic mass is 10.1. The molecule has 0 saturated carbocycles. The van der Waals surface area contributed by atoms with Gasteiger partial charge in [-0.2, -0.15) is 0 Å². The molecule has 0 aromatic heterocycles. The number of aryl methyl sites for hydroxylation is 1. The fourth-order valence-corrected chi connectivity index (χ4v) is 2.52. The number of halogens is 1. The van der Waals surface area contributed by atoms with Gasteiger partial charge in [0.2, 0.25) is 0 Å². The summed E-state index contributed by atoms with van der Waals surface area (Å²) in [5.74, 6) is 0. The number of rotatable bonds is 2. The van der Waals surface area contributed by atoms with Crippen molar-refractivity contribution in [1.29, 1.82) is 0 Å². The first-order chi connectivity index (χ1) is 9.80. The number of nitrogens with one attached hydrogen (secondary N) is 1. The van der Waals surface area contributed by atoms with Gasteiger partial charge in [0.05, 0.1) is 6.04 Å². The fourth-order valence-electron chi connectivity index (χ4n) is 2.40. The molecule has 0 heterocycles. The van der Waals surface area contributed by atoms with Gasteiger partial charge in [-0.25, -0.2) is 4.79 Å². The van der Waals surface area contributed by atoms with E-state index in [4.69, 9.17) is 21.5 Å². The maximum atomic E-state index is 11.8. The lowest BCUT2D eigenvalue weighted by Crippen LogP contribution is -2.34. The largest absolute Gasteiger partial charge is 0.444 e. The summed E-state index contributed by atoms with van der Waals surface area (Å²) in [6.45, 7) is 5.49. The Morgan fingerprint density at radius 3 is 2.81 bits per heavy atom. The summed E-state index contributed by atoms with van der Waals surface area (Å²) in [7, 11) is 0. The molecule has 0 spiro atoms. The van der Waals surface area contributed by atoms with Crippen LogP contribution in [0.3, 0.4) is 0 Å². The minimum atomic E-state index is -0.513. The molecule has 0 bridgehead atoms. The van der Waals surface area contributed by atoms with E-state index >= 15 is 0 Å². The SMILES string of the molecule is CC(C)(C)OC(=O)N[C@@H]1CCc2cc(/C(Cl)=N/O)ccc21. The van der Waals surface area contributed by atoms with Crippen LogP contribution in [0.5, 0.6) is 0 Å². The molecule has 0 unspecified atom stereocenters. The number of benzene rings is 1. The van der Waals surface area contributed by atoms with Crippen LogP contribution in [-0.4, -0.2) is 22.1 Å². The van der Waals surface area contributed by atoms with Gasteiger partial charge in [-0.15, -0.1) is 0 Å². The van der Waals surface area contributed by atoms with Crippen LogP contribution in [0.4, 0.5) is 4.79 Å². The molecule has 0 saturated heterocycles. The Labute approximate surface area is 128 Å². The van der Waals surface area contributed by atoms with Gasteiger partial charge in [-0.1, -0.05) is 28.9 Å². The van der Waals surface area contributed by atoms with Crippen molar-refractivity contribution in [3.63, 3.8) is 0 Å². The number of nitrogens with zero attached hydrogens (tertiary/aromatic N) is 1.